The summed E-state index contributed by atoms with van der Waals surface area (Å²) < 4.78 is 17.1. The zero-order valence-electron chi connectivity index (χ0n) is 21.6. The number of ether oxygens (including phenoxy) is 3. The fourth-order valence-corrected chi connectivity index (χ4v) is 5.35. The second-order valence-electron chi connectivity index (χ2n) is 8.94. The van der Waals surface area contributed by atoms with Crippen molar-refractivity contribution in [3.63, 3.8) is 0 Å². The molecule has 194 valence electrons. The molecule has 37 heavy (non-hydrogen) atoms. The molecule has 1 atom stereocenters. The van der Waals surface area contributed by atoms with E-state index in [1.807, 2.05) is 66.6 Å². The number of amidine groups is 1. The highest BCUT2D eigenvalue weighted by molar-refractivity contribution is 8.16. The molecule has 0 saturated heterocycles. The molecule has 0 spiro atoms. The highest BCUT2D eigenvalue weighted by Gasteiger charge is 2.42. The maximum atomic E-state index is 13.6. The predicted octanol–water partition coefficient (Wildman–Crippen LogP) is 4.94. The van der Waals surface area contributed by atoms with Crippen LogP contribution in [0, 0.1) is 0 Å². The number of allylic oxidation sites excluding steroid dienone is 1. The molecular weight excluding hydrogens is 490 g/mol. The first-order valence-corrected chi connectivity index (χ1v) is 12.9. The van der Waals surface area contributed by atoms with Crippen molar-refractivity contribution in [2.45, 2.75) is 45.9 Å². The minimum atomic E-state index is -0.631. The van der Waals surface area contributed by atoms with Gasteiger partial charge in [0.25, 0.3) is 0 Å². The van der Waals surface area contributed by atoms with Gasteiger partial charge in [0.1, 0.15) is 6.61 Å². The first-order chi connectivity index (χ1) is 17.8. The summed E-state index contributed by atoms with van der Waals surface area (Å²) in [6, 6.07) is 14.4. The number of aliphatic imine (C=N–C) groups is 1. The standard InChI is InChI=1S/C28H31N3O5S/c1-17(2)29-23(32)14-20-16-37-28-30-18(3)24(27(33)36-15-19-10-7-6-8-11-19)25(31(20)28)21-12-9-13-22(34-4)26(21)35-5/h6-13,16-17,25H,14-15H2,1-5H3,(H,29,32)/t25-/m1/s1. The van der Waals surface area contributed by atoms with Crippen LogP contribution in [0.25, 0.3) is 0 Å². The Bertz CT molecular complexity index is 1270. The van der Waals surface area contributed by atoms with Crippen molar-refractivity contribution in [2.75, 3.05) is 14.2 Å². The number of hydrogen-bond acceptors (Lipinski definition) is 8. The van der Waals surface area contributed by atoms with Gasteiger partial charge in [-0.25, -0.2) is 9.79 Å². The van der Waals surface area contributed by atoms with Crippen molar-refractivity contribution in [3.8, 4) is 11.5 Å². The third kappa shape index (κ3) is 5.67. The smallest absolute Gasteiger partial charge is 0.338 e. The maximum Gasteiger partial charge on any atom is 0.338 e. The Morgan fingerprint density at radius 1 is 1.08 bits per heavy atom. The molecule has 0 bridgehead atoms. The molecule has 1 N–H and O–H groups in total. The fraction of sp³-hybridized carbons (Fsp3) is 0.321. The minimum absolute atomic E-state index is 0.0107. The average Bonchev–Trinajstić information content (AvgIpc) is 3.27. The number of carbonyl (C=O) groups excluding carboxylic acids is 2. The van der Waals surface area contributed by atoms with Gasteiger partial charge >= 0.3 is 5.97 Å². The summed E-state index contributed by atoms with van der Waals surface area (Å²) in [6.07, 6.45) is 0.137. The molecule has 0 aliphatic carbocycles. The van der Waals surface area contributed by atoms with Gasteiger partial charge in [0.2, 0.25) is 5.91 Å². The predicted molar refractivity (Wildman–Crippen MR) is 144 cm³/mol. The van der Waals surface area contributed by atoms with Crippen molar-refractivity contribution >= 4 is 28.8 Å². The Kier molecular flexibility index (Phi) is 8.23. The van der Waals surface area contributed by atoms with Gasteiger partial charge in [-0.3, -0.25) is 4.79 Å². The Morgan fingerprint density at radius 2 is 1.84 bits per heavy atom. The lowest BCUT2D eigenvalue weighted by Crippen LogP contribution is -2.39. The molecule has 2 aliphatic heterocycles. The Balaban J connectivity index is 1.76. The fourth-order valence-electron chi connectivity index (χ4n) is 4.39. The molecule has 2 heterocycles. The molecule has 0 radical (unpaired) electrons. The largest absolute Gasteiger partial charge is 0.493 e. The summed E-state index contributed by atoms with van der Waals surface area (Å²) in [6.45, 7) is 5.76. The molecule has 0 fully saturated rings. The summed E-state index contributed by atoms with van der Waals surface area (Å²) in [5, 5.41) is 5.52. The van der Waals surface area contributed by atoms with E-state index in [0.29, 0.717) is 33.5 Å². The molecule has 1 amide bonds. The zero-order valence-corrected chi connectivity index (χ0v) is 22.4. The zero-order chi connectivity index (χ0) is 26.5. The topological polar surface area (TPSA) is 89.5 Å². The average molecular weight is 522 g/mol. The Hall–Kier alpha value is -3.72. The van der Waals surface area contributed by atoms with Gasteiger partial charge in [-0.1, -0.05) is 54.2 Å². The van der Waals surface area contributed by atoms with Crippen LogP contribution in [0.3, 0.4) is 0 Å². The minimum Gasteiger partial charge on any atom is -0.493 e. The van der Waals surface area contributed by atoms with Gasteiger partial charge < -0.3 is 24.4 Å². The SMILES string of the molecule is COc1cccc([C@@H]2C(C(=O)OCc3ccccc3)=C(C)N=C3SC=C(CC(=O)NC(C)C)N32)c1OC. The van der Waals surface area contributed by atoms with Crippen LogP contribution in [0.4, 0.5) is 0 Å². The van der Waals surface area contributed by atoms with Crippen molar-refractivity contribution < 1.29 is 23.8 Å². The van der Waals surface area contributed by atoms with Gasteiger partial charge in [0.15, 0.2) is 16.7 Å². The maximum absolute atomic E-state index is 13.6. The highest BCUT2D eigenvalue weighted by Crippen LogP contribution is 2.48. The van der Waals surface area contributed by atoms with Crippen LogP contribution in [0.2, 0.25) is 0 Å². The number of thioether (sulfide) groups is 1. The van der Waals surface area contributed by atoms with E-state index < -0.39 is 12.0 Å². The lowest BCUT2D eigenvalue weighted by atomic mass is 9.92. The van der Waals surface area contributed by atoms with Crippen molar-refractivity contribution in [1.82, 2.24) is 10.2 Å². The number of nitrogens with zero attached hydrogens (tertiary/aromatic N) is 2. The number of esters is 1. The molecule has 0 aromatic heterocycles. The van der Waals surface area contributed by atoms with Crippen molar-refractivity contribution in [3.05, 3.63) is 82.0 Å². The number of rotatable bonds is 9. The quantitative estimate of drug-likeness (QED) is 0.468. The van der Waals surface area contributed by atoms with Crippen molar-refractivity contribution in [2.24, 2.45) is 4.99 Å². The van der Waals surface area contributed by atoms with E-state index in [9.17, 15) is 9.59 Å². The summed E-state index contributed by atoms with van der Waals surface area (Å²) in [4.78, 5) is 33.0. The summed E-state index contributed by atoms with van der Waals surface area (Å²) in [5.41, 5.74) is 3.25. The van der Waals surface area contributed by atoms with E-state index >= 15 is 0 Å². The van der Waals surface area contributed by atoms with E-state index in [2.05, 4.69) is 5.32 Å². The summed E-state index contributed by atoms with van der Waals surface area (Å²) in [5.74, 6) is 0.440. The van der Waals surface area contributed by atoms with Crippen LogP contribution >= 0.6 is 11.8 Å². The molecule has 2 aromatic rings. The van der Waals surface area contributed by atoms with Crippen LogP contribution in [0.1, 0.15) is 44.4 Å². The molecule has 9 heteroatoms. The third-order valence-corrected chi connectivity index (χ3v) is 6.84. The van der Waals surface area contributed by atoms with E-state index in [-0.39, 0.29) is 25.0 Å². The van der Waals surface area contributed by atoms with Gasteiger partial charge in [0.05, 0.1) is 38.0 Å². The monoisotopic (exact) mass is 521 g/mol. The van der Waals surface area contributed by atoms with Crippen LogP contribution in [-0.2, 0) is 20.9 Å². The number of methoxy groups -OCH3 is 2. The number of hydrogen-bond donors (Lipinski definition) is 1. The second-order valence-corrected chi connectivity index (χ2v) is 9.77. The van der Waals surface area contributed by atoms with Gasteiger partial charge in [-0.2, -0.15) is 0 Å². The lowest BCUT2D eigenvalue weighted by molar-refractivity contribution is -0.141. The summed E-state index contributed by atoms with van der Waals surface area (Å²) in [7, 11) is 3.13. The first-order valence-electron chi connectivity index (χ1n) is 12.0. The van der Waals surface area contributed by atoms with E-state index in [1.165, 1.54) is 11.8 Å². The van der Waals surface area contributed by atoms with Gasteiger partial charge in [0, 0.05) is 17.3 Å². The number of para-hydroxylation sites is 1. The number of nitrogens with one attached hydrogen (secondary N) is 1. The highest BCUT2D eigenvalue weighted by atomic mass is 32.2. The van der Waals surface area contributed by atoms with Gasteiger partial charge in [-0.15, -0.1) is 0 Å². The van der Waals surface area contributed by atoms with E-state index in [0.717, 1.165) is 11.3 Å². The van der Waals surface area contributed by atoms with E-state index in [4.69, 9.17) is 19.2 Å². The van der Waals surface area contributed by atoms with Crippen LogP contribution in [0.5, 0.6) is 11.5 Å². The van der Waals surface area contributed by atoms with Gasteiger partial charge in [-0.05, 0) is 37.8 Å². The molecule has 2 aromatic carbocycles. The first kappa shape index (κ1) is 26.3. The number of fused-ring (bicyclic) bond motifs is 1. The Labute approximate surface area is 221 Å². The Morgan fingerprint density at radius 3 is 2.51 bits per heavy atom. The molecule has 8 nitrogen and oxygen atoms in total. The molecule has 4 rings (SSSR count). The van der Waals surface area contributed by atoms with Crippen LogP contribution in [0.15, 0.2) is 75.9 Å². The number of carbonyl (C=O) groups is 2. The summed E-state index contributed by atoms with van der Waals surface area (Å²) >= 11 is 1.42. The normalized spacial score (nSPS) is 16.7. The van der Waals surface area contributed by atoms with Crippen LogP contribution in [-0.4, -0.2) is 42.2 Å². The molecular formula is C28H31N3O5S. The van der Waals surface area contributed by atoms with Crippen LogP contribution < -0.4 is 14.8 Å². The molecule has 2 aliphatic rings. The van der Waals surface area contributed by atoms with E-state index in [1.54, 1.807) is 27.2 Å². The second kappa shape index (κ2) is 11.6. The van der Waals surface area contributed by atoms with Crippen molar-refractivity contribution in [1.29, 1.82) is 0 Å². The molecule has 0 unspecified atom stereocenters. The molecule has 0 saturated carbocycles. The third-order valence-electron chi connectivity index (χ3n) is 5.95. The lowest BCUT2D eigenvalue weighted by Gasteiger charge is -2.37. The number of amides is 1. The number of benzene rings is 2.